The average molecular weight is 442 g/mol. The summed E-state index contributed by atoms with van der Waals surface area (Å²) >= 11 is 0. The van der Waals surface area contributed by atoms with Crippen molar-refractivity contribution in [3.05, 3.63) is 29.3 Å². The third-order valence-corrected chi connectivity index (χ3v) is 6.81. The molecule has 0 aromatic heterocycles. The summed E-state index contributed by atoms with van der Waals surface area (Å²) in [5.41, 5.74) is -0.920. The van der Waals surface area contributed by atoms with Gasteiger partial charge >= 0.3 is 0 Å². The van der Waals surface area contributed by atoms with Gasteiger partial charge in [0.25, 0.3) is 0 Å². The molecular weight excluding hydrogens is 412 g/mol. The Balaban J connectivity index is 1.91. The molecule has 0 saturated carbocycles. The highest BCUT2D eigenvalue weighted by atomic mass is 16.6. The van der Waals surface area contributed by atoms with Gasteiger partial charge in [0.1, 0.15) is 54.6 Å². The first kappa shape index (κ1) is 22.8. The highest BCUT2D eigenvalue weighted by molar-refractivity contribution is 5.46. The molecule has 1 aromatic rings. The number of hydrogen-bond acceptors (Lipinski definition) is 10. The lowest BCUT2D eigenvalue weighted by molar-refractivity contribution is -0.333. The van der Waals surface area contributed by atoms with Gasteiger partial charge in [0.05, 0.1) is 18.8 Å². The summed E-state index contributed by atoms with van der Waals surface area (Å²) in [7, 11) is 0. The van der Waals surface area contributed by atoms with Crippen LogP contribution in [0.4, 0.5) is 0 Å². The van der Waals surface area contributed by atoms with E-state index in [-0.39, 0.29) is 12.4 Å². The Hall–Kier alpha value is -1.34. The largest absolute Gasteiger partial charge is 0.508 e. The van der Waals surface area contributed by atoms with E-state index in [4.69, 9.17) is 14.2 Å². The first-order valence-electron chi connectivity index (χ1n) is 10.5. The predicted octanol–water partition coefficient (Wildman–Crippen LogP) is -2.10. The van der Waals surface area contributed by atoms with E-state index in [0.29, 0.717) is 17.5 Å². The summed E-state index contributed by atoms with van der Waals surface area (Å²) in [5.74, 6) is -0.0250. The minimum absolute atomic E-state index is 0.0250. The van der Waals surface area contributed by atoms with Gasteiger partial charge in [-0.1, -0.05) is 12.1 Å². The molecule has 7 N–H and O–H groups in total. The molecule has 3 aliphatic heterocycles. The Labute approximate surface area is 179 Å². The van der Waals surface area contributed by atoms with E-state index in [1.807, 2.05) is 0 Å². The second-order valence-electron chi connectivity index (χ2n) is 8.66. The third-order valence-electron chi connectivity index (χ3n) is 6.81. The second kappa shape index (κ2) is 8.22. The maximum atomic E-state index is 10.9. The van der Waals surface area contributed by atoms with Crippen LogP contribution >= 0.6 is 0 Å². The summed E-state index contributed by atoms with van der Waals surface area (Å²) in [4.78, 5) is 0. The van der Waals surface area contributed by atoms with Crippen LogP contribution in [-0.4, -0.2) is 103 Å². The SMILES string of the molecule is C[C@@H]1O[C@@H](C2(C3O[C@@H](C)[C@H](O)[C@@H](O)[C@H]3O)OCCc3c(O)cccc32)[C@H](O)[C@H](O)[C@H]1O. The molecular formula is C21H30O10. The maximum Gasteiger partial charge on any atom is 0.151 e. The Morgan fingerprint density at radius 2 is 1.29 bits per heavy atom. The average Bonchev–Trinajstić information content (AvgIpc) is 2.76. The topological polar surface area (TPSA) is 169 Å². The third kappa shape index (κ3) is 3.38. The van der Waals surface area contributed by atoms with Crippen molar-refractivity contribution in [3.8, 4) is 5.75 Å². The van der Waals surface area contributed by atoms with Crippen molar-refractivity contribution in [3.63, 3.8) is 0 Å². The molecule has 0 radical (unpaired) electrons. The summed E-state index contributed by atoms with van der Waals surface area (Å²) < 4.78 is 18.0. The fraction of sp³-hybridized carbons (Fsp3) is 0.714. The number of phenolic OH excluding ortho intramolecular Hbond substituents is 1. The smallest absolute Gasteiger partial charge is 0.151 e. The number of aromatic hydroxyl groups is 1. The number of phenols is 1. The zero-order chi connectivity index (χ0) is 22.7. The van der Waals surface area contributed by atoms with Gasteiger partial charge in [0, 0.05) is 5.56 Å². The van der Waals surface area contributed by atoms with Gasteiger partial charge in [0.2, 0.25) is 0 Å². The van der Waals surface area contributed by atoms with E-state index < -0.39 is 66.6 Å². The number of hydrogen-bond donors (Lipinski definition) is 7. The lowest BCUT2D eigenvalue weighted by Gasteiger charge is -2.56. The van der Waals surface area contributed by atoms with Crippen LogP contribution in [0.2, 0.25) is 0 Å². The fourth-order valence-corrected chi connectivity index (χ4v) is 5.05. The van der Waals surface area contributed by atoms with Crippen LogP contribution in [0, 0.1) is 0 Å². The van der Waals surface area contributed by atoms with E-state index in [0.717, 1.165) is 0 Å². The van der Waals surface area contributed by atoms with Crippen LogP contribution < -0.4 is 0 Å². The summed E-state index contributed by atoms with van der Waals surface area (Å²) in [6.45, 7) is 3.10. The van der Waals surface area contributed by atoms with Crippen LogP contribution in [0.3, 0.4) is 0 Å². The Morgan fingerprint density at radius 1 is 0.774 bits per heavy atom. The quantitative estimate of drug-likeness (QED) is 0.269. The molecule has 3 heterocycles. The first-order chi connectivity index (χ1) is 14.6. The van der Waals surface area contributed by atoms with E-state index in [1.54, 1.807) is 12.1 Å². The molecule has 2 saturated heterocycles. The van der Waals surface area contributed by atoms with Gasteiger partial charge in [-0.05, 0) is 31.9 Å². The van der Waals surface area contributed by atoms with Crippen molar-refractivity contribution in [1.82, 2.24) is 0 Å². The van der Waals surface area contributed by atoms with Gasteiger partial charge in [-0.2, -0.15) is 0 Å². The molecule has 4 rings (SSSR count). The van der Waals surface area contributed by atoms with Crippen LogP contribution in [-0.2, 0) is 26.2 Å². The predicted molar refractivity (Wildman–Crippen MR) is 104 cm³/mol. The minimum Gasteiger partial charge on any atom is -0.508 e. The van der Waals surface area contributed by atoms with Crippen molar-refractivity contribution < 1.29 is 50.0 Å². The van der Waals surface area contributed by atoms with Crippen molar-refractivity contribution in [2.45, 2.75) is 86.9 Å². The molecule has 0 amide bonds. The van der Waals surface area contributed by atoms with Crippen LogP contribution in [0.5, 0.6) is 5.75 Å². The molecule has 0 aliphatic carbocycles. The summed E-state index contributed by atoms with van der Waals surface area (Å²) in [6, 6.07) is 4.68. The molecule has 174 valence electrons. The van der Waals surface area contributed by atoms with E-state index in [2.05, 4.69) is 0 Å². The number of aliphatic hydroxyl groups excluding tert-OH is 6. The Bertz CT molecular complexity index is 768. The highest BCUT2D eigenvalue weighted by Gasteiger charge is 2.63. The minimum atomic E-state index is -1.77. The van der Waals surface area contributed by atoms with Crippen molar-refractivity contribution in [2.24, 2.45) is 0 Å². The van der Waals surface area contributed by atoms with E-state index in [9.17, 15) is 35.7 Å². The van der Waals surface area contributed by atoms with Crippen LogP contribution in [0.1, 0.15) is 25.0 Å². The van der Waals surface area contributed by atoms with Crippen molar-refractivity contribution in [2.75, 3.05) is 6.61 Å². The molecule has 10 heteroatoms. The lowest BCUT2D eigenvalue weighted by Crippen LogP contribution is -2.72. The van der Waals surface area contributed by atoms with Gasteiger partial charge in [-0.3, -0.25) is 0 Å². The monoisotopic (exact) mass is 442 g/mol. The van der Waals surface area contributed by atoms with E-state index in [1.165, 1.54) is 19.9 Å². The maximum absolute atomic E-state index is 10.9. The van der Waals surface area contributed by atoms with Gasteiger partial charge in [-0.25, -0.2) is 0 Å². The second-order valence-corrected chi connectivity index (χ2v) is 8.66. The Kier molecular flexibility index (Phi) is 6.05. The normalized spacial score (nSPS) is 48.3. The molecule has 3 aliphatic rings. The number of benzene rings is 1. The highest BCUT2D eigenvalue weighted by Crippen LogP contribution is 2.49. The fourth-order valence-electron chi connectivity index (χ4n) is 5.05. The van der Waals surface area contributed by atoms with E-state index >= 15 is 0 Å². The molecule has 2 fully saturated rings. The molecule has 11 atom stereocenters. The number of rotatable bonds is 2. The van der Waals surface area contributed by atoms with Crippen molar-refractivity contribution in [1.29, 1.82) is 0 Å². The zero-order valence-corrected chi connectivity index (χ0v) is 17.3. The molecule has 1 aromatic carbocycles. The van der Waals surface area contributed by atoms with Crippen LogP contribution in [0.15, 0.2) is 18.2 Å². The molecule has 2 unspecified atom stereocenters. The van der Waals surface area contributed by atoms with Gasteiger partial charge in [0.15, 0.2) is 5.60 Å². The standard InChI is InChI=1S/C21H30O10/c1-8-13(23)15(25)17(27)19(30-8)21(20-18(28)16(26)14(24)9(2)31-20)11-4-3-5-12(22)10(11)6-7-29-21/h3-5,8-9,13-20,22-28H,6-7H2,1-2H3/t8-,9-,13-,14-,15+,16+,17+,18+,19+,20?,21?/m0/s1. The summed E-state index contributed by atoms with van der Waals surface area (Å²) in [6.07, 6.45) is -13.3. The number of ether oxygens (including phenoxy) is 3. The van der Waals surface area contributed by atoms with Gasteiger partial charge < -0.3 is 50.0 Å². The van der Waals surface area contributed by atoms with Crippen LogP contribution in [0.25, 0.3) is 0 Å². The molecule has 0 bridgehead atoms. The molecule has 0 spiro atoms. The van der Waals surface area contributed by atoms with Crippen molar-refractivity contribution >= 4 is 0 Å². The number of fused-ring (bicyclic) bond motifs is 1. The van der Waals surface area contributed by atoms with Gasteiger partial charge in [-0.15, -0.1) is 0 Å². The molecule has 10 nitrogen and oxygen atoms in total. The molecule has 31 heavy (non-hydrogen) atoms. The first-order valence-corrected chi connectivity index (χ1v) is 10.5. The summed E-state index contributed by atoms with van der Waals surface area (Å²) in [5, 5.41) is 73.6. The number of aliphatic hydroxyl groups is 6. The zero-order valence-electron chi connectivity index (χ0n) is 17.3. The lowest BCUT2D eigenvalue weighted by atomic mass is 9.70. The Morgan fingerprint density at radius 3 is 1.81 bits per heavy atom.